The fourth-order valence-corrected chi connectivity index (χ4v) is 17.9. The molecule has 0 bridgehead atoms. The molecule has 5 nitrogen and oxygen atoms in total. The Balaban J connectivity index is 1.11. The molecule has 0 radical (unpaired) electrons. The van der Waals surface area contributed by atoms with E-state index in [0.29, 0.717) is 0 Å². The molecule has 0 unspecified atom stereocenters. The van der Waals surface area contributed by atoms with Gasteiger partial charge in [0.15, 0.2) is 0 Å². The predicted octanol–water partition coefficient (Wildman–Crippen LogP) is 12.8. The van der Waals surface area contributed by atoms with Gasteiger partial charge in [0.25, 0.3) is 0 Å². The first kappa shape index (κ1) is 36.0. The van der Waals surface area contributed by atoms with Crippen LogP contribution in [0.5, 0.6) is 23.0 Å². The summed E-state index contributed by atoms with van der Waals surface area (Å²) in [6, 6.07) is 81.3. The van der Waals surface area contributed by atoms with E-state index in [0.717, 1.165) is 74.2 Å². The van der Waals surface area contributed by atoms with Crippen molar-refractivity contribution in [1.82, 2.24) is 0 Å². The predicted molar refractivity (Wildman–Crippen MR) is 248 cm³/mol. The number of benzene rings is 9. The van der Waals surface area contributed by atoms with E-state index in [1.165, 1.54) is 9.96 Å². The second kappa shape index (κ2) is 15.6. The summed E-state index contributed by atoms with van der Waals surface area (Å²) in [5.74, 6) is 3.53. The van der Waals surface area contributed by atoms with Crippen LogP contribution in [0, 0.1) is 0 Å². The monoisotopic (exact) mass is 875 g/mol. The van der Waals surface area contributed by atoms with Crippen LogP contribution in [0.25, 0.3) is 0 Å². The third-order valence-corrected chi connectivity index (χ3v) is 20.8. The van der Waals surface area contributed by atoms with E-state index in [1.54, 1.807) is 0 Å². The normalized spacial score (nSPS) is 11.9. The third-order valence-electron chi connectivity index (χ3n) is 11.3. The second-order valence-corrected chi connectivity index (χ2v) is 22.6. The molecule has 0 amide bonds. The summed E-state index contributed by atoms with van der Waals surface area (Å²) in [5, 5.41) is 0. The van der Waals surface area contributed by atoms with Crippen LogP contribution < -0.4 is 34.1 Å². The summed E-state index contributed by atoms with van der Waals surface area (Å²) in [6.07, 6.45) is 0. The van der Waals surface area contributed by atoms with Gasteiger partial charge in [-0.25, -0.2) is 0 Å². The quantitative estimate of drug-likeness (QED) is 0.144. The molecule has 0 saturated carbocycles. The van der Waals surface area contributed by atoms with Crippen molar-refractivity contribution in [1.29, 1.82) is 0 Å². The molecule has 284 valence electrons. The van der Waals surface area contributed by atoms with E-state index in [-0.39, 0.29) is 0 Å². The van der Waals surface area contributed by atoms with E-state index in [1.807, 2.05) is 0 Å². The Hall–Kier alpha value is -7.15. The molecule has 2 heterocycles. The first-order valence-corrected chi connectivity index (χ1v) is 25.2. The fraction of sp³-hybridized carbons (Fsp3) is 0. The van der Waals surface area contributed by atoms with Crippen LogP contribution in [0.4, 0.5) is 51.2 Å². The van der Waals surface area contributed by atoms with Crippen molar-refractivity contribution in [2.45, 2.75) is 0 Å². The molecule has 2 aliphatic heterocycles. The van der Waals surface area contributed by atoms with Gasteiger partial charge in [0, 0.05) is 0 Å². The molecule has 0 spiro atoms. The van der Waals surface area contributed by atoms with Crippen molar-refractivity contribution in [2.24, 2.45) is 0 Å². The van der Waals surface area contributed by atoms with Gasteiger partial charge in [-0.15, -0.1) is 0 Å². The van der Waals surface area contributed by atoms with E-state index in [4.69, 9.17) is 9.47 Å². The van der Waals surface area contributed by atoms with Gasteiger partial charge in [-0.3, -0.25) is 0 Å². The van der Waals surface area contributed by atoms with Gasteiger partial charge >= 0.3 is 360 Å². The standard InChI is InChI=1S/C54H38N3O2.In/c1-7-21-42(22-8-1)55(43-23-9-2-10-24-43)48-33-19-35-51(37-48)58-53-39-50(57(46-29-15-5-16-30-46)47-31-17-6-18-32-47)40-54(41-53)59-52-36-20-34-49(38-52)56(44-25-11-3-12-26-44)45-27-13-4-14-28-45;/h1-34,37-40H;. The molecule has 60 heavy (non-hydrogen) atoms. The summed E-state index contributed by atoms with van der Waals surface area (Å²) in [6.45, 7) is 0. The Bertz CT molecular complexity index is 2660. The minimum absolute atomic E-state index is 0.862. The molecule has 9 aromatic carbocycles. The molecule has 0 fully saturated rings. The van der Waals surface area contributed by atoms with Crippen LogP contribution in [0.15, 0.2) is 231 Å². The molecule has 0 saturated heterocycles. The topological polar surface area (TPSA) is 28.2 Å². The zero-order chi connectivity index (χ0) is 39.8. The number of hydrogen-bond acceptors (Lipinski definition) is 5. The van der Waals surface area contributed by atoms with Crippen LogP contribution in [-0.2, 0) is 0 Å². The van der Waals surface area contributed by atoms with Crippen LogP contribution in [0.3, 0.4) is 0 Å². The Morgan fingerprint density at radius 1 is 0.250 bits per heavy atom. The van der Waals surface area contributed by atoms with E-state index in [2.05, 4.69) is 245 Å². The zero-order valence-corrected chi connectivity index (χ0v) is 36.0. The third kappa shape index (κ3) is 6.55. The van der Waals surface area contributed by atoms with Gasteiger partial charge in [0.2, 0.25) is 0 Å². The average Bonchev–Trinajstić information content (AvgIpc) is 3.31. The van der Waals surface area contributed by atoms with Gasteiger partial charge in [-0.2, -0.15) is 0 Å². The SMILES string of the molecule is c1ccc(N(c2ccccc2)c2cc[c]3c(c2)Oc2cc(N(c4ccccc4)c4ccccc4)cc4[c]2[In]3[c]2ccc(N(c3ccccc3)c3ccccc3)cc2O4)cc1. The molecule has 0 N–H and O–H groups in total. The van der Waals surface area contributed by atoms with Crippen molar-refractivity contribution < 1.29 is 9.47 Å². The van der Waals surface area contributed by atoms with Crippen LogP contribution >= 0.6 is 0 Å². The summed E-state index contributed by atoms with van der Waals surface area (Å²) in [4.78, 5) is 6.88. The molecule has 9 aromatic rings. The summed E-state index contributed by atoms with van der Waals surface area (Å²) >= 11 is -3.19. The number of ether oxygens (including phenoxy) is 2. The van der Waals surface area contributed by atoms with E-state index >= 15 is 0 Å². The fourth-order valence-electron chi connectivity index (χ4n) is 8.67. The van der Waals surface area contributed by atoms with Crippen LogP contribution in [0.1, 0.15) is 0 Å². The molecule has 0 aliphatic carbocycles. The van der Waals surface area contributed by atoms with E-state index in [9.17, 15) is 0 Å². The Morgan fingerprint density at radius 3 is 0.817 bits per heavy atom. The molecule has 11 rings (SSSR count). The van der Waals surface area contributed by atoms with E-state index < -0.39 is 21.4 Å². The Labute approximate surface area is 358 Å². The van der Waals surface area contributed by atoms with Crippen molar-refractivity contribution in [3.05, 3.63) is 231 Å². The molecule has 0 aromatic heterocycles. The van der Waals surface area contributed by atoms with Gasteiger partial charge in [0.1, 0.15) is 0 Å². The first-order chi connectivity index (χ1) is 29.8. The molecular formula is C54H38InN3O2. The maximum absolute atomic E-state index is 7.15. The Kier molecular flexibility index (Phi) is 9.32. The minimum atomic E-state index is -3.19. The van der Waals surface area contributed by atoms with Crippen molar-refractivity contribution in [3.63, 3.8) is 0 Å². The second-order valence-electron chi connectivity index (χ2n) is 15.0. The summed E-state index contributed by atoms with van der Waals surface area (Å²) < 4.78 is 18.1. The van der Waals surface area contributed by atoms with Gasteiger partial charge < -0.3 is 0 Å². The van der Waals surface area contributed by atoms with Gasteiger partial charge in [-0.1, -0.05) is 0 Å². The summed E-state index contributed by atoms with van der Waals surface area (Å²) in [7, 11) is 0. The molecule has 0 atom stereocenters. The molecule has 6 heteroatoms. The molecular weight excluding hydrogens is 837 g/mol. The number of fused-ring (bicyclic) bond motifs is 4. The average molecular weight is 876 g/mol. The number of para-hydroxylation sites is 6. The van der Waals surface area contributed by atoms with Crippen molar-refractivity contribution >= 4 is 82.6 Å². The zero-order valence-electron chi connectivity index (χ0n) is 32.7. The number of nitrogens with zero attached hydrogens (tertiary/aromatic N) is 3. The van der Waals surface area contributed by atoms with Crippen molar-refractivity contribution in [2.75, 3.05) is 14.7 Å². The number of anilines is 9. The maximum atomic E-state index is 7.15. The van der Waals surface area contributed by atoms with Crippen LogP contribution in [-0.4, -0.2) is 21.4 Å². The Morgan fingerprint density at radius 2 is 0.517 bits per heavy atom. The summed E-state index contributed by atoms with van der Waals surface area (Å²) in [5.41, 5.74) is 9.48. The first-order valence-electron chi connectivity index (χ1n) is 20.3. The number of hydrogen-bond donors (Lipinski definition) is 0. The number of rotatable bonds is 9. The van der Waals surface area contributed by atoms with Crippen LogP contribution in [0.2, 0.25) is 0 Å². The van der Waals surface area contributed by atoms with Crippen molar-refractivity contribution in [3.8, 4) is 23.0 Å². The van der Waals surface area contributed by atoms with Gasteiger partial charge in [-0.05, 0) is 0 Å². The van der Waals surface area contributed by atoms with Gasteiger partial charge in [0.05, 0.1) is 0 Å². The molecule has 2 aliphatic rings.